The van der Waals surface area contributed by atoms with E-state index in [0.29, 0.717) is 6.42 Å². The predicted molar refractivity (Wildman–Crippen MR) is 58.2 cm³/mol. The van der Waals surface area contributed by atoms with Gasteiger partial charge in [0.05, 0.1) is 6.04 Å². The molecule has 0 bridgehead atoms. The standard InChI is InChI=1S/C9H12BrN3O/c10-7-3-1-2-6(4-7)5-8(11)9(14)13-12/h1-4,8H,5,11-12H2,(H,13,14). The van der Waals surface area contributed by atoms with Gasteiger partial charge in [0.25, 0.3) is 5.91 Å². The number of rotatable bonds is 3. The molecule has 1 amide bonds. The molecule has 4 nitrogen and oxygen atoms in total. The van der Waals surface area contributed by atoms with Gasteiger partial charge in [-0.15, -0.1) is 0 Å². The molecule has 76 valence electrons. The van der Waals surface area contributed by atoms with Crippen molar-refractivity contribution >= 4 is 21.8 Å². The number of nitrogens with one attached hydrogen (secondary N) is 1. The van der Waals surface area contributed by atoms with Crippen molar-refractivity contribution in [1.82, 2.24) is 5.43 Å². The molecule has 1 aromatic carbocycles. The monoisotopic (exact) mass is 257 g/mol. The van der Waals surface area contributed by atoms with Crippen LogP contribution in [0.2, 0.25) is 0 Å². The molecule has 0 saturated carbocycles. The molecular weight excluding hydrogens is 246 g/mol. The number of benzene rings is 1. The molecular formula is C9H12BrN3O. The third-order valence-electron chi connectivity index (χ3n) is 1.82. The summed E-state index contributed by atoms with van der Waals surface area (Å²) in [6.45, 7) is 0. The Bertz CT molecular complexity index is 330. The number of carbonyl (C=O) groups excluding carboxylic acids is 1. The number of halogens is 1. The normalized spacial score (nSPS) is 12.2. The van der Waals surface area contributed by atoms with Gasteiger partial charge >= 0.3 is 0 Å². The number of hydrogen-bond donors (Lipinski definition) is 3. The summed E-state index contributed by atoms with van der Waals surface area (Å²) >= 11 is 3.34. The second-order valence-corrected chi connectivity index (χ2v) is 3.86. The van der Waals surface area contributed by atoms with Gasteiger partial charge in [-0.3, -0.25) is 10.2 Å². The first-order chi connectivity index (χ1) is 6.63. The highest BCUT2D eigenvalue weighted by Crippen LogP contribution is 2.12. The molecule has 1 rings (SSSR count). The lowest BCUT2D eigenvalue weighted by molar-refractivity contribution is -0.122. The van der Waals surface area contributed by atoms with Crippen LogP contribution < -0.4 is 17.0 Å². The fourth-order valence-electron chi connectivity index (χ4n) is 1.12. The maximum atomic E-state index is 11.0. The summed E-state index contributed by atoms with van der Waals surface area (Å²) in [6.07, 6.45) is 0.475. The lowest BCUT2D eigenvalue weighted by atomic mass is 10.1. The third kappa shape index (κ3) is 3.10. The van der Waals surface area contributed by atoms with Crippen LogP contribution in [0.5, 0.6) is 0 Å². The fraction of sp³-hybridized carbons (Fsp3) is 0.222. The first kappa shape index (κ1) is 11.2. The lowest BCUT2D eigenvalue weighted by Gasteiger charge is -2.09. The van der Waals surface area contributed by atoms with Gasteiger partial charge in [0.2, 0.25) is 0 Å². The van der Waals surface area contributed by atoms with E-state index in [1.807, 2.05) is 29.7 Å². The first-order valence-corrected chi connectivity index (χ1v) is 4.93. The summed E-state index contributed by atoms with van der Waals surface area (Å²) in [4.78, 5) is 11.0. The van der Waals surface area contributed by atoms with E-state index in [1.54, 1.807) is 0 Å². The Morgan fingerprint density at radius 2 is 2.29 bits per heavy atom. The molecule has 5 heteroatoms. The van der Waals surface area contributed by atoms with Crippen molar-refractivity contribution in [2.45, 2.75) is 12.5 Å². The molecule has 0 aliphatic carbocycles. The van der Waals surface area contributed by atoms with Gasteiger partial charge in [-0.25, -0.2) is 5.84 Å². The van der Waals surface area contributed by atoms with Crippen LogP contribution in [0.25, 0.3) is 0 Å². The Hall–Kier alpha value is -0.910. The molecule has 14 heavy (non-hydrogen) atoms. The predicted octanol–water partition coefficient (Wildman–Crippen LogP) is 0.309. The maximum Gasteiger partial charge on any atom is 0.251 e. The van der Waals surface area contributed by atoms with Crippen LogP contribution in [0.3, 0.4) is 0 Å². The largest absolute Gasteiger partial charge is 0.320 e. The summed E-state index contributed by atoms with van der Waals surface area (Å²) in [6, 6.07) is 7.04. The quantitative estimate of drug-likeness (QED) is 0.414. The minimum absolute atomic E-state index is 0.357. The summed E-state index contributed by atoms with van der Waals surface area (Å²) in [7, 11) is 0. The molecule has 1 unspecified atom stereocenters. The molecule has 0 saturated heterocycles. The zero-order chi connectivity index (χ0) is 10.6. The van der Waals surface area contributed by atoms with Gasteiger partial charge in [0.15, 0.2) is 0 Å². The molecule has 0 aliphatic heterocycles. The second kappa shape index (κ2) is 5.09. The van der Waals surface area contributed by atoms with E-state index in [-0.39, 0.29) is 5.91 Å². The van der Waals surface area contributed by atoms with Crippen molar-refractivity contribution in [3.8, 4) is 0 Å². The number of amides is 1. The molecule has 1 atom stereocenters. The van der Waals surface area contributed by atoms with Gasteiger partial charge in [-0.2, -0.15) is 0 Å². The average molecular weight is 258 g/mol. The van der Waals surface area contributed by atoms with E-state index >= 15 is 0 Å². The molecule has 0 aromatic heterocycles. The Morgan fingerprint density at radius 3 is 2.86 bits per heavy atom. The van der Waals surface area contributed by atoms with Crippen LogP contribution in [-0.2, 0) is 11.2 Å². The van der Waals surface area contributed by atoms with Gasteiger partial charge in [0, 0.05) is 4.47 Å². The summed E-state index contributed by atoms with van der Waals surface area (Å²) in [5, 5.41) is 0. The van der Waals surface area contributed by atoms with Gasteiger partial charge < -0.3 is 5.73 Å². The van der Waals surface area contributed by atoms with E-state index in [4.69, 9.17) is 11.6 Å². The highest BCUT2D eigenvalue weighted by atomic mass is 79.9. The van der Waals surface area contributed by atoms with E-state index in [9.17, 15) is 4.79 Å². The van der Waals surface area contributed by atoms with Crippen molar-refractivity contribution < 1.29 is 4.79 Å². The number of carbonyl (C=O) groups is 1. The fourth-order valence-corrected chi connectivity index (χ4v) is 1.56. The highest BCUT2D eigenvalue weighted by Gasteiger charge is 2.12. The van der Waals surface area contributed by atoms with Crippen LogP contribution in [0.15, 0.2) is 28.7 Å². The number of hydrazine groups is 1. The van der Waals surface area contributed by atoms with E-state index in [0.717, 1.165) is 10.0 Å². The Labute approximate surface area is 90.8 Å². The molecule has 0 heterocycles. The average Bonchev–Trinajstić information content (AvgIpc) is 2.16. The van der Waals surface area contributed by atoms with E-state index < -0.39 is 6.04 Å². The lowest BCUT2D eigenvalue weighted by Crippen LogP contribution is -2.45. The molecule has 0 aliphatic rings. The first-order valence-electron chi connectivity index (χ1n) is 4.14. The summed E-state index contributed by atoms with van der Waals surface area (Å²) in [5.74, 6) is 4.61. The molecule has 1 aromatic rings. The molecule has 0 fully saturated rings. The van der Waals surface area contributed by atoms with Gasteiger partial charge in [0.1, 0.15) is 0 Å². The minimum Gasteiger partial charge on any atom is -0.320 e. The van der Waals surface area contributed by atoms with Crippen LogP contribution >= 0.6 is 15.9 Å². The third-order valence-corrected chi connectivity index (χ3v) is 2.32. The Morgan fingerprint density at radius 1 is 1.57 bits per heavy atom. The van der Waals surface area contributed by atoms with Crippen LogP contribution in [0.1, 0.15) is 5.56 Å². The maximum absolute atomic E-state index is 11.0. The second-order valence-electron chi connectivity index (χ2n) is 2.95. The topological polar surface area (TPSA) is 81.1 Å². The van der Waals surface area contributed by atoms with Crippen molar-refractivity contribution in [2.24, 2.45) is 11.6 Å². The molecule has 0 radical (unpaired) electrons. The zero-order valence-corrected chi connectivity index (χ0v) is 9.12. The number of hydrogen-bond acceptors (Lipinski definition) is 3. The SMILES string of the molecule is NNC(=O)C(N)Cc1cccc(Br)c1. The zero-order valence-electron chi connectivity index (χ0n) is 7.53. The van der Waals surface area contributed by atoms with Crippen molar-refractivity contribution in [2.75, 3.05) is 0 Å². The summed E-state index contributed by atoms with van der Waals surface area (Å²) < 4.78 is 0.968. The molecule has 0 spiro atoms. The van der Waals surface area contributed by atoms with E-state index in [1.165, 1.54) is 0 Å². The summed E-state index contributed by atoms with van der Waals surface area (Å²) in [5.41, 5.74) is 8.62. The highest BCUT2D eigenvalue weighted by molar-refractivity contribution is 9.10. The molecule has 5 N–H and O–H groups in total. The Kier molecular flexibility index (Phi) is 4.06. The van der Waals surface area contributed by atoms with Gasteiger partial charge in [-0.05, 0) is 24.1 Å². The van der Waals surface area contributed by atoms with Crippen molar-refractivity contribution in [3.63, 3.8) is 0 Å². The van der Waals surface area contributed by atoms with Gasteiger partial charge in [-0.1, -0.05) is 28.1 Å². The van der Waals surface area contributed by atoms with Crippen molar-refractivity contribution in [1.29, 1.82) is 0 Å². The smallest absolute Gasteiger partial charge is 0.251 e. The van der Waals surface area contributed by atoms with Crippen LogP contribution in [0, 0.1) is 0 Å². The van der Waals surface area contributed by atoms with E-state index in [2.05, 4.69) is 15.9 Å². The minimum atomic E-state index is -0.603. The Balaban J connectivity index is 2.64. The number of nitrogens with two attached hydrogens (primary N) is 2. The van der Waals surface area contributed by atoms with Crippen LogP contribution in [0.4, 0.5) is 0 Å². The van der Waals surface area contributed by atoms with Crippen molar-refractivity contribution in [3.05, 3.63) is 34.3 Å². The van der Waals surface area contributed by atoms with Crippen LogP contribution in [-0.4, -0.2) is 11.9 Å².